The normalized spacial score (nSPS) is 10.8. The molecular weight excluding hydrogens is 286 g/mol. The van der Waals surface area contributed by atoms with Crippen LogP contribution in [0.15, 0.2) is 41.8 Å². The Balaban J connectivity index is 2.11. The monoisotopic (exact) mass is 293 g/mol. The lowest BCUT2D eigenvalue weighted by Crippen LogP contribution is -1.92. The average molecular weight is 294 g/mol. The molecule has 96 valence electrons. The number of benzene rings is 1. The summed E-state index contributed by atoms with van der Waals surface area (Å²) in [5.41, 5.74) is 1.16. The molecule has 0 spiro atoms. The van der Waals surface area contributed by atoms with E-state index in [4.69, 9.17) is 11.6 Å². The number of carbonyl (C=O) groups is 1. The van der Waals surface area contributed by atoms with Crippen molar-refractivity contribution in [3.8, 4) is 0 Å². The van der Waals surface area contributed by atoms with Crippen molar-refractivity contribution in [2.24, 2.45) is 0 Å². The van der Waals surface area contributed by atoms with Crippen LogP contribution in [0.4, 0.5) is 5.00 Å². The Hall–Kier alpha value is -1.98. The van der Waals surface area contributed by atoms with E-state index in [1.807, 2.05) is 0 Å². The maximum absolute atomic E-state index is 11.8. The van der Waals surface area contributed by atoms with Gasteiger partial charge in [-0.15, -0.1) is 0 Å². The number of hydrogen-bond acceptors (Lipinski definition) is 4. The number of nitro groups is 1. The molecule has 0 amide bonds. The number of thiophene rings is 1. The summed E-state index contributed by atoms with van der Waals surface area (Å²) in [6, 6.07) is 7.96. The van der Waals surface area contributed by atoms with Crippen LogP contribution in [0.3, 0.4) is 0 Å². The molecule has 0 N–H and O–H groups in total. The zero-order chi connectivity index (χ0) is 13.8. The predicted octanol–water partition coefficient (Wildman–Crippen LogP) is 4.21. The number of rotatable bonds is 4. The van der Waals surface area contributed by atoms with E-state index in [9.17, 15) is 14.9 Å². The number of carbonyl (C=O) groups excluding carboxylic acids is 1. The van der Waals surface area contributed by atoms with Gasteiger partial charge in [-0.3, -0.25) is 14.9 Å². The summed E-state index contributed by atoms with van der Waals surface area (Å²) in [6.07, 6.45) is 2.94. The molecule has 0 bridgehead atoms. The van der Waals surface area contributed by atoms with Gasteiger partial charge >= 0.3 is 5.00 Å². The first kappa shape index (κ1) is 13.5. The van der Waals surface area contributed by atoms with Crippen molar-refractivity contribution in [2.75, 3.05) is 0 Å². The third kappa shape index (κ3) is 3.49. The Morgan fingerprint density at radius 3 is 2.58 bits per heavy atom. The van der Waals surface area contributed by atoms with Crippen LogP contribution < -0.4 is 0 Å². The van der Waals surface area contributed by atoms with Gasteiger partial charge in [0.15, 0.2) is 5.78 Å². The van der Waals surface area contributed by atoms with Gasteiger partial charge in [-0.05, 0) is 42.0 Å². The largest absolute Gasteiger partial charge is 0.324 e. The standard InChI is InChI=1S/C13H8ClNO3S/c14-11-4-2-10(3-5-11)12(16)6-1-9-7-13(15(17)18)19-8-9/h1-8H. The molecule has 0 saturated carbocycles. The minimum Gasteiger partial charge on any atom is -0.289 e. The second-order valence-corrected chi connectivity index (χ2v) is 5.01. The first-order valence-electron chi connectivity index (χ1n) is 5.27. The molecule has 1 aromatic carbocycles. The molecular formula is C13H8ClNO3S. The minimum atomic E-state index is -0.455. The fraction of sp³-hybridized carbons (Fsp3) is 0. The van der Waals surface area contributed by atoms with Crippen LogP contribution in [0.2, 0.25) is 5.02 Å². The van der Waals surface area contributed by atoms with Gasteiger partial charge in [0.05, 0.1) is 4.92 Å². The van der Waals surface area contributed by atoms with Gasteiger partial charge in [-0.25, -0.2) is 0 Å². The number of allylic oxidation sites excluding steroid dienone is 1. The highest BCUT2D eigenvalue weighted by Crippen LogP contribution is 2.23. The quantitative estimate of drug-likeness (QED) is 0.367. The van der Waals surface area contributed by atoms with Crippen LogP contribution in [0.5, 0.6) is 0 Å². The molecule has 6 heteroatoms. The first-order valence-corrected chi connectivity index (χ1v) is 6.53. The van der Waals surface area contributed by atoms with Crippen molar-refractivity contribution < 1.29 is 9.72 Å². The van der Waals surface area contributed by atoms with Crippen molar-refractivity contribution in [1.29, 1.82) is 0 Å². The van der Waals surface area contributed by atoms with Crippen LogP contribution in [-0.2, 0) is 0 Å². The Morgan fingerprint density at radius 1 is 1.32 bits per heavy atom. The molecule has 1 aromatic heterocycles. The van der Waals surface area contributed by atoms with Gasteiger partial charge in [-0.2, -0.15) is 0 Å². The summed E-state index contributed by atoms with van der Waals surface area (Å²) in [6.45, 7) is 0. The second-order valence-electron chi connectivity index (χ2n) is 3.68. The lowest BCUT2D eigenvalue weighted by molar-refractivity contribution is -0.380. The van der Waals surface area contributed by atoms with E-state index < -0.39 is 4.92 Å². The van der Waals surface area contributed by atoms with Crippen molar-refractivity contribution in [2.45, 2.75) is 0 Å². The predicted molar refractivity (Wildman–Crippen MR) is 75.8 cm³/mol. The van der Waals surface area contributed by atoms with Crippen molar-refractivity contribution in [3.05, 3.63) is 68.1 Å². The maximum atomic E-state index is 11.8. The third-order valence-corrected chi connectivity index (χ3v) is 3.49. The number of halogens is 1. The molecule has 0 aliphatic heterocycles. The third-order valence-electron chi connectivity index (χ3n) is 2.34. The smallest absolute Gasteiger partial charge is 0.289 e. The fourth-order valence-corrected chi connectivity index (χ4v) is 2.22. The van der Waals surface area contributed by atoms with E-state index >= 15 is 0 Å². The average Bonchev–Trinajstić information content (AvgIpc) is 2.86. The van der Waals surface area contributed by atoms with Gasteiger partial charge in [0.1, 0.15) is 0 Å². The SMILES string of the molecule is O=C(C=Cc1csc([N+](=O)[O-])c1)c1ccc(Cl)cc1. The van der Waals surface area contributed by atoms with E-state index in [1.54, 1.807) is 35.7 Å². The van der Waals surface area contributed by atoms with E-state index in [-0.39, 0.29) is 10.8 Å². The van der Waals surface area contributed by atoms with Gasteiger partial charge in [0.2, 0.25) is 0 Å². The molecule has 2 rings (SSSR count). The molecule has 19 heavy (non-hydrogen) atoms. The Labute approximate surface area is 118 Å². The highest BCUT2D eigenvalue weighted by Gasteiger charge is 2.08. The highest BCUT2D eigenvalue weighted by atomic mass is 35.5. The van der Waals surface area contributed by atoms with Crippen LogP contribution >= 0.6 is 22.9 Å². The van der Waals surface area contributed by atoms with Gasteiger partial charge in [-0.1, -0.05) is 22.9 Å². The zero-order valence-electron chi connectivity index (χ0n) is 9.58. The molecule has 0 unspecified atom stereocenters. The van der Waals surface area contributed by atoms with E-state index in [0.717, 1.165) is 11.3 Å². The lowest BCUT2D eigenvalue weighted by Gasteiger charge is -1.95. The topological polar surface area (TPSA) is 60.2 Å². The number of ketones is 1. The van der Waals surface area contributed by atoms with E-state index in [2.05, 4.69) is 0 Å². The van der Waals surface area contributed by atoms with Crippen molar-refractivity contribution in [3.63, 3.8) is 0 Å². The van der Waals surface area contributed by atoms with Gasteiger partial charge in [0, 0.05) is 22.0 Å². The molecule has 0 saturated heterocycles. The van der Waals surface area contributed by atoms with Gasteiger partial charge in [0.25, 0.3) is 0 Å². The summed E-state index contributed by atoms with van der Waals surface area (Å²) in [5, 5.41) is 12.8. The van der Waals surface area contributed by atoms with Crippen molar-refractivity contribution in [1.82, 2.24) is 0 Å². The van der Waals surface area contributed by atoms with Gasteiger partial charge < -0.3 is 0 Å². The maximum Gasteiger partial charge on any atom is 0.324 e. The minimum absolute atomic E-state index is 0.0543. The Kier molecular flexibility index (Phi) is 4.09. The van der Waals surface area contributed by atoms with E-state index in [0.29, 0.717) is 16.1 Å². The van der Waals surface area contributed by atoms with Crippen LogP contribution in [0.25, 0.3) is 6.08 Å². The number of nitrogens with zero attached hydrogens (tertiary/aromatic N) is 1. The summed E-state index contributed by atoms with van der Waals surface area (Å²) < 4.78 is 0. The second kappa shape index (κ2) is 5.77. The van der Waals surface area contributed by atoms with Crippen LogP contribution in [0, 0.1) is 10.1 Å². The molecule has 2 aromatic rings. The summed E-state index contributed by atoms with van der Waals surface area (Å²) in [5.74, 6) is -0.175. The lowest BCUT2D eigenvalue weighted by atomic mass is 10.1. The molecule has 0 fully saturated rings. The summed E-state index contributed by atoms with van der Waals surface area (Å²) in [7, 11) is 0. The molecule has 4 nitrogen and oxygen atoms in total. The molecule has 0 aliphatic carbocycles. The van der Waals surface area contributed by atoms with E-state index in [1.165, 1.54) is 12.1 Å². The zero-order valence-corrected chi connectivity index (χ0v) is 11.1. The molecule has 0 aliphatic rings. The molecule has 0 radical (unpaired) electrons. The van der Waals surface area contributed by atoms with Crippen LogP contribution in [0.1, 0.15) is 15.9 Å². The summed E-state index contributed by atoms with van der Waals surface area (Å²) >= 11 is 6.76. The summed E-state index contributed by atoms with van der Waals surface area (Å²) in [4.78, 5) is 21.9. The Bertz CT molecular complexity index is 646. The van der Waals surface area contributed by atoms with Crippen LogP contribution in [-0.4, -0.2) is 10.7 Å². The number of hydrogen-bond donors (Lipinski definition) is 0. The molecule has 0 atom stereocenters. The Morgan fingerprint density at radius 2 is 2.00 bits per heavy atom. The fourth-order valence-electron chi connectivity index (χ4n) is 1.40. The highest BCUT2D eigenvalue weighted by molar-refractivity contribution is 7.13. The first-order chi connectivity index (χ1) is 9.06. The molecule has 1 heterocycles. The van der Waals surface area contributed by atoms with Crippen molar-refractivity contribution >= 4 is 39.8 Å².